The lowest BCUT2D eigenvalue weighted by molar-refractivity contribution is 0.0526. The first kappa shape index (κ1) is 11.1. The van der Waals surface area contributed by atoms with E-state index >= 15 is 0 Å². The summed E-state index contributed by atoms with van der Waals surface area (Å²) in [7, 11) is 0. The average molecular weight is 229 g/mol. The Morgan fingerprint density at radius 3 is 3.12 bits per heavy atom. The largest absolute Gasteiger partial charge is 0.462 e. The molecule has 0 saturated heterocycles. The first-order valence-electron chi connectivity index (χ1n) is 5.26. The van der Waals surface area contributed by atoms with Gasteiger partial charge in [-0.25, -0.2) is 9.78 Å². The van der Waals surface area contributed by atoms with E-state index in [1.165, 1.54) is 0 Å². The summed E-state index contributed by atoms with van der Waals surface area (Å²) in [5.74, 6) is -0.386. The molecule has 0 fully saturated rings. The van der Waals surface area contributed by atoms with Crippen molar-refractivity contribution in [1.29, 1.82) is 5.26 Å². The number of nitrogens with one attached hydrogen (secondary N) is 1. The van der Waals surface area contributed by atoms with Crippen LogP contribution in [0.1, 0.15) is 22.8 Å². The van der Waals surface area contributed by atoms with Gasteiger partial charge in [-0.05, 0) is 24.6 Å². The minimum atomic E-state index is -0.386. The van der Waals surface area contributed by atoms with Gasteiger partial charge in [-0.2, -0.15) is 5.26 Å². The van der Waals surface area contributed by atoms with E-state index in [9.17, 15) is 4.79 Å². The second-order valence-electron chi connectivity index (χ2n) is 3.49. The number of ether oxygens (including phenoxy) is 1. The zero-order valence-electron chi connectivity index (χ0n) is 9.36. The lowest BCUT2D eigenvalue weighted by Gasteiger charge is -2.04. The van der Waals surface area contributed by atoms with Crippen molar-refractivity contribution in [3.05, 3.63) is 29.6 Å². The molecule has 5 nitrogen and oxygen atoms in total. The molecule has 1 N–H and O–H groups in total. The van der Waals surface area contributed by atoms with Gasteiger partial charge in [0.05, 0.1) is 42.0 Å². The van der Waals surface area contributed by atoms with Crippen LogP contribution in [-0.4, -0.2) is 22.5 Å². The Hall–Kier alpha value is -2.35. The number of imidazole rings is 1. The lowest BCUT2D eigenvalue weighted by Crippen LogP contribution is -2.05. The first-order valence-corrected chi connectivity index (χ1v) is 5.26. The van der Waals surface area contributed by atoms with Crippen LogP contribution < -0.4 is 0 Å². The van der Waals surface area contributed by atoms with Crippen LogP contribution in [-0.2, 0) is 11.2 Å². The van der Waals surface area contributed by atoms with E-state index in [2.05, 4.69) is 16.0 Å². The van der Waals surface area contributed by atoms with E-state index in [-0.39, 0.29) is 12.4 Å². The number of esters is 1. The third kappa shape index (κ3) is 2.11. The van der Waals surface area contributed by atoms with Crippen molar-refractivity contribution < 1.29 is 9.53 Å². The highest BCUT2D eigenvalue weighted by Gasteiger charge is 2.12. The van der Waals surface area contributed by atoms with Crippen molar-refractivity contribution in [2.75, 3.05) is 6.61 Å². The number of H-pyrrole nitrogens is 1. The highest BCUT2D eigenvalue weighted by atomic mass is 16.5. The van der Waals surface area contributed by atoms with Crippen LogP contribution in [0.2, 0.25) is 0 Å². The number of rotatable bonds is 3. The Morgan fingerprint density at radius 2 is 2.41 bits per heavy atom. The van der Waals surface area contributed by atoms with Gasteiger partial charge < -0.3 is 9.72 Å². The normalized spacial score (nSPS) is 10.1. The number of carbonyl (C=O) groups excluding carboxylic acids is 1. The molecule has 0 bridgehead atoms. The predicted octanol–water partition coefficient (Wildman–Crippen LogP) is 1.81. The molecular weight excluding hydrogens is 218 g/mol. The molecule has 86 valence electrons. The van der Waals surface area contributed by atoms with Crippen LogP contribution in [0.3, 0.4) is 0 Å². The predicted molar refractivity (Wildman–Crippen MR) is 61.4 cm³/mol. The smallest absolute Gasteiger partial charge is 0.338 e. The van der Waals surface area contributed by atoms with Crippen molar-refractivity contribution >= 4 is 17.0 Å². The maximum Gasteiger partial charge on any atom is 0.338 e. The van der Waals surface area contributed by atoms with E-state index < -0.39 is 0 Å². The molecule has 1 aromatic carbocycles. The van der Waals surface area contributed by atoms with E-state index in [1.54, 1.807) is 25.4 Å². The van der Waals surface area contributed by atoms with Crippen LogP contribution in [0, 0.1) is 11.3 Å². The molecule has 0 spiro atoms. The minimum absolute atomic E-state index is 0.217. The molecule has 0 atom stereocenters. The second-order valence-corrected chi connectivity index (χ2v) is 3.49. The third-order valence-corrected chi connectivity index (χ3v) is 2.38. The molecule has 0 amide bonds. The number of nitriles is 1. The van der Waals surface area contributed by atoms with Gasteiger partial charge in [-0.3, -0.25) is 0 Å². The molecule has 0 saturated carbocycles. The number of fused-ring (bicyclic) bond motifs is 1. The molecule has 0 aliphatic carbocycles. The highest BCUT2D eigenvalue weighted by Crippen LogP contribution is 2.19. The highest BCUT2D eigenvalue weighted by molar-refractivity contribution is 5.94. The first-order chi connectivity index (χ1) is 8.26. The fraction of sp³-hybridized carbons (Fsp3) is 0.250. The minimum Gasteiger partial charge on any atom is -0.462 e. The van der Waals surface area contributed by atoms with Gasteiger partial charge in [0.2, 0.25) is 0 Å². The van der Waals surface area contributed by atoms with E-state index in [1.807, 2.05) is 0 Å². The molecule has 2 rings (SSSR count). The summed E-state index contributed by atoms with van der Waals surface area (Å²) in [6.45, 7) is 2.08. The fourth-order valence-corrected chi connectivity index (χ4v) is 1.68. The van der Waals surface area contributed by atoms with Crippen molar-refractivity contribution in [3.8, 4) is 6.07 Å². The number of hydrogen-bond donors (Lipinski definition) is 1. The third-order valence-electron chi connectivity index (χ3n) is 2.38. The number of carbonyl (C=O) groups is 1. The second kappa shape index (κ2) is 4.66. The summed E-state index contributed by atoms with van der Waals surface area (Å²) in [4.78, 5) is 18.7. The van der Waals surface area contributed by atoms with Crippen molar-refractivity contribution in [3.63, 3.8) is 0 Å². The van der Waals surface area contributed by atoms with E-state index in [4.69, 9.17) is 10.00 Å². The molecule has 0 aliphatic rings. The van der Waals surface area contributed by atoms with Crippen LogP contribution in [0.4, 0.5) is 0 Å². The maximum atomic E-state index is 11.6. The monoisotopic (exact) mass is 229 g/mol. The molecule has 0 unspecified atom stereocenters. The average Bonchev–Trinajstić information content (AvgIpc) is 2.78. The zero-order chi connectivity index (χ0) is 12.3. The van der Waals surface area contributed by atoms with Crippen molar-refractivity contribution in [2.24, 2.45) is 0 Å². The summed E-state index contributed by atoms with van der Waals surface area (Å²) in [6.07, 6.45) is 1.76. The SMILES string of the molecule is CCOC(=O)c1cc(CC#N)c2nc[nH]c2c1. The molecule has 0 aliphatic heterocycles. The van der Waals surface area contributed by atoms with Crippen LogP contribution in [0.15, 0.2) is 18.5 Å². The number of aromatic amines is 1. The van der Waals surface area contributed by atoms with E-state index in [0.29, 0.717) is 12.2 Å². The number of nitrogens with zero attached hydrogens (tertiary/aromatic N) is 2. The fourth-order valence-electron chi connectivity index (χ4n) is 1.68. The zero-order valence-corrected chi connectivity index (χ0v) is 9.36. The number of benzene rings is 1. The van der Waals surface area contributed by atoms with Gasteiger partial charge in [0, 0.05) is 0 Å². The quantitative estimate of drug-likeness (QED) is 0.814. The summed E-state index contributed by atoms with van der Waals surface area (Å²) >= 11 is 0. The Labute approximate surface area is 98.0 Å². The van der Waals surface area contributed by atoms with Crippen LogP contribution in [0.5, 0.6) is 0 Å². The summed E-state index contributed by atoms with van der Waals surface area (Å²) in [5.41, 5.74) is 2.63. The Bertz CT molecular complexity index is 595. The summed E-state index contributed by atoms with van der Waals surface area (Å²) in [5, 5.41) is 8.75. The summed E-state index contributed by atoms with van der Waals surface area (Å²) < 4.78 is 4.93. The Morgan fingerprint density at radius 1 is 1.59 bits per heavy atom. The van der Waals surface area contributed by atoms with E-state index in [0.717, 1.165) is 16.6 Å². The molecule has 0 radical (unpaired) electrons. The van der Waals surface area contributed by atoms with Gasteiger partial charge in [0.15, 0.2) is 0 Å². The van der Waals surface area contributed by atoms with Crippen molar-refractivity contribution in [1.82, 2.24) is 9.97 Å². The molecule has 17 heavy (non-hydrogen) atoms. The number of hydrogen-bond acceptors (Lipinski definition) is 4. The van der Waals surface area contributed by atoms with Gasteiger partial charge in [-0.15, -0.1) is 0 Å². The molecule has 1 heterocycles. The van der Waals surface area contributed by atoms with Gasteiger partial charge in [0.1, 0.15) is 0 Å². The molecule has 2 aromatic rings. The van der Waals surface area contributed by atoms with Crippen LogP contribution >= 0.6 is 0 Å². The number of aromatic nitrogens is 2. The molecular formula is C12H11N3O2. The van der Waals surface area contributed by atoms with Crippen molar-refractivity contribution in [2.45, 2.75) is 13.3 Å². The lowest BCUT2D eigenvalue weighted by atomic mass is 10.1. The Balaban J connectivity index is 2.51. The van der Waals surface area contributed by atoms with Gasteiger partial charge >= 0.3 is 5.97 Å². The topological polar surface area (TPSA) is 78.8 Å². The maximum absolute atomic E-state index is 11.6. The van der Waals surface area contributed by atoms with Crippen LogP contribution in [0.25, 0.3) is 11.0 Å². The van der Waals surface area contributed by atoms with Gasteiger partial charge in [0.25, 0.3) is 0 Å². The molecule has 5 heteroatoms. The van der Waals surface area contributed by atoms with Gasteiger partial charge in [-0.1, -0.05) is 0 Å². The molecule has 1 aromatic heterocycles. The standard InChI is InChI=1S/C12H11N3O2/c1-2-17-12(16)9-5-8(3-4-13)11-10(6-9)14-7-15-11/h5-7H,2-3H2,1H3,(H,14,15). The Kier molecular flexibility index (Phi) is 3.06. The summed E-state index contributed by atoms with van der Waals surface area (Å²) in [6, 6.07) is 5.40.